The Balaban J connectivity index is 2.10. The highest BCUT2D eigenvalue weighted by atomic mass is 16.5. The Kier molecular flexibility index (Phi) is 4.82. The number of benzene rings is 1. The van der Waals surface area contributed by atoms with E-state index in [-0.39, 0.29) is 6.10 Å². The zero-order valence-corrected chi connectivity index (χ0v) is 12.2. The zero-order chi connectivity index (χ0) is 14.4. The van der Waals surface area contributed by atoms with Crippen LogP contribution >= 0.6 is 0 Å². The number of pyridine rings is 1. The second-order valence-electron chi connectivity index (χ2n) is 4.67. The highest BCUT2D eigenvalue weighted by Crippen LogP contribution is 2.23. The number of ether oxygens (including phenoxy) is 1. The number of anilines is 3. The third-order valence-corrected chi connectivity index (χ3v) is 3.05. The number of hydrogen-bond donors (Lipinski definition) is 2. The minimum Gasteiger partial charge on any atom is -0.491 e. The Morgan fingerprint density at radius 1 is 1.20 bits per heavy atom. The predicted molar refractivity (Wildman–Crippen MR) is 83.9 cm³/mol. The van der Waals surface area contributed by atoms with Crippen molar-refractivity contribution in [3.8, 4) is 5.75 Å². The molecule has 0 saturated carbocycles. The minimum absolute atomic E-state index is 0.224. The van der Waals surface area contributed by atoms with Crippen LogP contribution in [0.25, 0.3) is 0 Å². The highest BCUT2D eigenvalue weighted by Gasteiger charge is 2.02. The van der Waals surface area contributed by atoms with E-state index in [1.54, 1.807) is 6.20 Å². The number of rotatable bonds is 6. The summed E-state index contributed by atoms with van der Waals surface area (Å²) < 4.78 is 5.82. The van der Waals surface area contributed by atoms with Gasteiger partial charge >= 0.3 is 0 Å². The van der Waals surface area contributed by atoms with Crippen molar-refractivity contribution in [2.24, 2.45) is 0 Å². The Hall–Kier alpha value is -2.23. The molecule has 2 N–H and O–H groups in total. The molecule has 4 heteroatoms. The van der Waals surface area contributed by atoms with Crippen molar-refractivity contribution in [3.05, 3.63) is 42.6 Å². The van der Waals surface area contributed by atoms with Crippen molar-refractivity contribution < 1.29 is 4.74 Å². The third kappa shape index (κ3) is 3.88. The van der Waals surface area contributed by atoms with Gasteiger partial charge in [0.2, 0.25) is 0 Å². The summed E-state index contributed by atoms with van der Waals surface area (Å²) in [6.07, 6.45) is 2.99. The van der Waals surface area contributed by atoms with Crippen molar-refractivity contribution in [1.82, 2.24) is 4.98 Å². The van der Waals surface area contributed by atoms with E-state index in [4.69, 9.17) is 4.74 Å². The fraction of sp³-hybridized carbons (Fsp3) is 0.312. The Bertz CT molecular complexity index is 557. The molecule has 1 atom stereocenters. The largest absolute Gasteiger partial charge is 0.491 e. The van der Waals surface area contributed by atoms with Gasteiger partial charge in [-0.2, -0.15) is 0 Å². The third-order valence-electron chi connectivity index (χ3n) is 3.05. The molecule has 20 heavy (non-hydrogen) atoms. The van der Waals surface area contributed by atoms with Crippen LogP contribution in [0.1, 0.15) is 20.3 Å². The van der Waals surface area contributed by atoms with Crippen LogP contribution in [0.3, 0.4) is 0 Å². The zero-order valence-electron chi connectivity index (χ0n) is 12.2. The van der Waals surface area contributed by atoms with Crippen LogP contribution in [0.15, 0.2) is 42.6 Å². The summed E-state index contributed by atoms with van der Waals surface area (Å²) in [4.78, 5) is 4.19. The van der Waals surface area contributed by atoms with Gasteiger partial charge in [-0.1, -0.05) is 13.0 Å². The summed E-state index contributed by atoms with van der Waals surface area (Å²) in [7, 11) is 1.85. The molecule has 0 aliphatic heterocycles. The molecule has 1 unspecified atom stereocenters. The van der Waals surface area contributed by atoms with E-state index in [0.29, 0.717) is 0 Å². The highest BCUT2D eigenvalue weighted by molar-refractivity contribution is 5.63. The van der Waals surface area contributed by atoms with Crippen LogP contribution in [-0.4, -0.2) is 18.1 Å². The number of aromatic nitrogens is 1. The van der Waals surface area contributed by atoms with Gasteiger partial charge in [-0.15, -0.1) is 0 Å². The predicted octanol–water partition coefficient (Wildman–Crippen LogP) is 4.04. The summed E-state index contributed by atoms with van der Waals surface area (Å²) in [6.45, 7) is 4.19. The Morgan fingerprint density at radius 2 is 2.00 bits per heavy atom. The average Bonchev–Trinajstić information content (AvgIpc) is 2.47. The van der Waals surface area contributed by atoms with Gasteiger partial charge in [-0.05, 0) is 31.5 Å². The molecule has 1 heterocycles. The summed E-state index contributed by atoms with van der Waals surface area (Å²) in [6, 6.07) is 11.9. The van der Waals surface area contributed by atoms with Crippen molar-refractivity contribution in [1.29, 1.82) is 0 Å². The van der Waals surface area contributed by atoms with Crippen molar-refractivity contribution in [3.63, 3.8) is 0 Å². The Labute approximate surface area is 120 Å². The molecule has 0 aliphatic rings. The van der Waals surface area contributed by atoms with Crippen LogP contribution < -0.4 is 15.4 Å². The van der Waals surface area contributed by atoms with Crippen LogP contribution in [0.5, 0.6) is 5.75 Å². The molecule has 0 spiro atoms. The lowest BCUT2D eigenvalue weighted by atomic mass is 10.2. The summed E-state index contributed by atoms with van der Waals surface area (Å²) in [5.74, 6) is 1.72. The first kappa shape index (κ1) is 14.2. The van der Waals surface area contributed by atoms with E-state index in [9.17, 15) is 0 Å². The van der Waals surface area contributed by atoms with Crippen LogP contribution in [0, 0.1) is 0 Å². The van der Waals surface area contributed by atoms with Crippen LogP contribution in [-0.2, 0) is 0 Å². The lowest BCUT2D eigenvalue weighted by Gasteiger charge is -2.14. The van der Waals surface area contributed by atoms with Gasteiger partial charge in [0.15, 0.2) is 0 Å². The molecule has 1 aromatic heterocycles. The SMILES string of the molecule is CCC(C)Oc1cccc(Nc2ccnc(NC)c2)c1. The van der Waals surface area contributed by atoms with Crippen molar-refractivity contribution in [2.45, 2.75) is 26.4 Å². The summed E-state index contributed by atoms with van der Waals surface area (Å²) in [5, 5.41) is 6.37. The first-order chi connectivity index (χ1) is 9.71. The fourth-order valence-corrected chi connectivity index (χ4v) is 1.77. The first-order valence-electron chi connectivity index (χ1n) is 6.89. The summed E-state index contributed by atoms with van der Waals surface area (Å²) in [5.41, 5.74) is 1.99. The average molecular weight is 271 g/mol. The van der Waals surface area contributed by atoms with E-state index >= 15 is 0 Å². The quantitative estimate of drug-likeness (QED) is 0.832. The van der Waals surface area contributed by atoms with Gasteiger partial charge in [0.1, 0.15) is 11.6 Å². The van der Waals surface area contributed by atoms with Gasteiger partial charge in [0.05, 0.1) is 6.10 Å². The van der Waals surface area contributed by atoms with E-state index in [1.807, 2.05) is 43.4 Å². The maximum atomic E-state index is 5.82. The summed E-state index contributed by atoms with van der Waals surface area (Å²) >= 11 is 0. The van der Waals surface area contributed by atoms with Crippen LogP contribution in [0.2, 0.25) is 0 Å². The van der Waals surface area contributed by atoms with E-state index in [2.05, 4.69) is 29.5 Å². The van der Waals surface area contributed by atoms with Gasteiger partial charge in [-0.25, -0.2) is 4.98 Å². The molecule has 2 rings (SSSR count). The smallest absolute Gasteiger partial charge is 0.127 e. The molecule has 0 fully saturated rings. The van der Waals surface area contributed by atoms with E-state index in [1.165, 1.54) is 0 Å². The fourth-order valence-electron chi connectivity index (χ4n) is 1.77. The molecule has 0 aliphatic carbocycles. The first-order valence-corrected chi connectivity index (χ1v) is 6.89. The molecule has 4 nitrogen and oxygen atoms in total. The standard InChI is InChI=1S/C16H21N3O/c1-4-12(2)20-15-7-5-6-13(10-15)19-14-8-9-18-16(11-14)17-3/h5-12H,4H2,1-3H3,(H2,17,18,19). The van der Waals surface area contributed by atoms with E-state index in [0.717, 1.165) is 29.4 Å². The van der Waals surface area contributed by atoms with Gasteiger partial charge in [0, 0.05) is 36.8 Å². The van der Waals surface area contributed by atoms with Crippen LogP contribution in [0.4, 0.5) is 17.2 Å². The Morgan fingerprint density at radius 3 is 2.75 bits per heavy atom. The second-order valence-corrected chi connectivity index (χ2v) is 4.67. The monoisotopic (exact) mass is 271 g/mol. The molecule has 2 aromatic rings. The maximum Gasteiger partial charge on any atom is 0.127 e. The van der Waals surface area contributed by atoms with Crippen molar-refractivity contribution >= 4 is 17.2 Å². The normalized spacial score (nSPS) is 11.8. The molecule has 0 radical (unpaired) electrons. The molecule has 0 saturated heterocycles. The van der Waals surface area contributed by atoms with Gasteiger partial charge in [0.25, 0.3) is 0 Å². The lowest BCUT2D eigenvalue weighted by molar-refractivity contribution is 0.217. The number of nitrogens with zero attached hydrogens (tertiary/aromatic N) is 1. The maximum absolute atomic E-state index is 5.82. The molecular formula is C16H21N3O. The molecule has 0 bridgehead atoms. The van der Waals surface area contributed by atoms with Gasteiger partial charge in [-0.3, -0.25) is 0 Å². The second kappa shape index (κ2) is 6.80. The van der Waals surface area contributed by atoms with E-state index < -0.39 is 0 Å². The van der Waals surface area contributed by atoms with Gasteiger partial charge < -0.3 is 15.4 Å². The molecule has 106 valence electrons. The van der Waals surface area contributed by atoms with Crippen molar-refractivity contribution in [2.75, 3.05) is 17.7 Å². The lowest BCUT2D eigenvalue weighted by Crippen LogP contribution is -2.09. The topological polar surface area (TPSA) is 46.2 Å². The molecular weight excluding hydrogens is 250 g/mol. The number of nitrogens with one attached hydrogen (secondary N) is 2. The minimum atomic E-state index is 0.224. The number of hydrogen-bond acceptors (Lipinski definition) is 4. The molecule has 1 aromatic carbocycles. The molecule has 0 amide bonds.